The van der Waals surface area contributed by atoms with Gasteiger partial charge in [-0.25, -0.2) is 18.4 Å². The molecule has 11 heteroatoms. The molecular formula is C25H34F3N5O2S. The number of hydrogen-bond acceptors (Lipinski definition) is 6. The third kappa shape index (κ3) is 6.22. The van der Waals surface area contributed by atoms with E-state index in [-0.39, 0.29) is 31.2 Å². The second-order valence-corrected chi connectivity index (χ2v) is 11.6. The molecule has 3 aliphatic rings. The first kappa shape index (κ1) is 25.5. The largest absolute Gasteiger partial charge is 0.466 e. The summed E-state index contributed by atoms with van der Waals surface area (Å²) in [7, 11) is 1.52. The van der Waals surface area contributed by atoms with Gasteiger partial charge in [-0.2, -0.15) is 9.49 Å². The first-order valence-corrected chi connectivity index (χ1v) is 13.8. The molecule has 0 saturated heterocycles. The van der Waals surface area contributed by atoms with Crippen molar-refractivity contribution in [3.05, 3.63) is 28.3 Å². The quantitative estimate of drug-likeness (QED) is 0.566. The summed E-state index contributed by atoms with van der Waals surface area (Å²) < 4.78 is 46.8. The number of amides is 1. The van der Waals surface area contributed by atoms with Gasteiger partial charge < -0.3 is 15.0 Å². The second-order valence-electron chi connectivity index (χ2n) is 10.5. The maximum Gasteiger partial charge on any atom is 0.273 e. The van der Waals surface area contributed by atoms with Gasteiger partial charge in [0.1, 0.15) is 6.10 Å². The Hall–Kier alpha value is -2.14. The van der Waals surface area contributed by atoms with E-state index in [1.165, 1.54) is 29.5 Å². The zero-order chi connectivity index (χ0) is 25.3. The van der Waals surface area contributed by atoms with E-state index in [4.69, 9.17) is 4.74 Å². The van der Waals surface area contributed by atoms with E-state index >= 15 is 0 Å². The Morgan fingerprint density at radius 2 is 1.97 bits per heavy atom. The number of thiazole rings is 1. The average molecular weight is 526 g/mol. The van der Waals surface area contributed by atoms with Crippen LogP contribution < -0.4 is 10.1 Å². The third-order valence-corrected chi connectivity index (χ3v) is 8.80. The number of halogens is 3. The van der Waals surface area contributed by atoms with Crippen molar-refractivity contribution in [3.8, 4) is 5.19 Å². The van der Waals surface area contributed by atoms with E-state index in [1.807, 2.05) is 0 Å². The highest BCUT2D eigenvalue weighted by Crippen LogP contribution is 2.41. The zero-order valence-electron chi connectivity index (χ0n) is 20.6. The minimum atomic E-state index is -2.58. The van der Waals surface area contributed by atoms with Gasteiger partial charge in [-0.3, -0.25) is 4.79 Å². The minimum Gasteiger partial charge on any atom is -0.466 e. The van der Waals surface area contributed by atoms with Gasteiger partial charge in [0.2, 0.25) is 11.9 Å². The summed E-state index contributed by atoms with van der Waals surface area (Å²) in [4.78, 5) is 20.6. The van der Waals surface area contributed by atoms with Crippen molar-refractivity contribution < 1.29 is 22.7 Å². The second kappa shape index (κ2) is 10.7. The number of hydrogen-bond donors (Lipinski definition) is 1. The van der Waals surface area contributed by atoms with Crippen molar-refractivity contribution in [2.24, 2.45) is 13.0 Å². The monoisotopic (exact) mass is 525 g/mol. The minimum absolute atomic E-state index is 0.0268. The van der Waals surface area contributed by atoms with Gasteiger partial charge in [0.15, 0.2) is 0 Å². The molecule has 2 aromatic heterocycles. The van der Waals surface area contributed by atoms with Crippen molar-refractivity contribution in [1.29, 1.82) is 0 Å². The van der Waals surface area contributed by atoms with Crippen molar-refractivity contribution in [1.82, 2.24) is 25.0 Å². The van der Waals surface area contributed by atoms with E-state index in [0.29, 0.717) is 16.7 Å². The van der Waals surface area contributed by atoms with Gasteiger partial charge in [0.25, 0.3) is 11.1 Å². The van der Waals surface area contributed by atoms with E-state index in [1.54, 1.807) is 0 Å². The van der Waals surface area contributed by atoms with Crippen LogP contribution in [0.5, 0.6) is 5.19 Å². The van der Waals surface area contributed by atoms with Crippen LogP contribution in [0, 0.1) is 11.9 Å². The number of ether oxygens (including phenoxy) is 1. The Kier molecular flexibility index (Phi) is 7.57. The average Bonchev–Trinajstić information content (AvgIpc) is 3.28. The number of nitrogens with one attached hydrogen (secondary N) is 1. The van der Waals surface area contributed by atoms with Crippen LogP contribution in [-0.4, -0.2) is 63.3 Å². The van der Waals surface area contributed by atoms with Crippen LogP contribution in [0.1, 0.15) is 61.1 Å². The standard InChI is InChI=1S/C25H34F3N5O2S/c1-32-23(26)17(15-29-32)12-22(34)30-18-4-2-16(3-5-18)6-9-33-10-7-20-21(8-11-33)36-24(31-20)35-19-13-25(27,28)14-19/h15-16,18-19H,2-14H2,1H3,(H,30,34)/t16-,18-. The Bertz CT molecular complexity index is 1030. The number of nitrogens with zero attached hydrogens (tertiary/aromatic N) is 4. The number of alkyl halides is 2. The summed E-state index contributed by atoms with van der Waals surface area (Å²) in [5, 5.41) is 7.46. The van der Waals surface area contributed by atoms with Gasteiger partial charge in [-0.05, 0) is 51.0 Å². The number of fused-ring (bicyclic) bond motifs is 1. The lowest BCUT2D eigenvalue weighted by atomic mass is 9.84. The number of rotatable bonds is 8. The first-order valence-electron chi connectivity index (χ1n) is 13.0. The molecule has 3 heterocycles. The number of aromatic nitrogens is 3. The maximum absolute atomic E-state index is 13.9. The van der Waals surface area contributed by atoms with E-state index in [0.717, 1.165) is 75.0 Å². The summed E-state index contributed by atoms with van der Waals surface area (Å²) >= 11 is 1.52. The van der Waals surface area contributed by atoms with Crippen LogP contribution in [0.25, 0.3) is 0 Å². The number of carbonyl (C=O) groups excluding carboxylic acids is 1. The van der Waals surface area contributed by atoms with Gasteiger partial charge in [0, 0.05) is 55.9 Å². The molecule has 0 spiro atoms. The van der Waals surface area contributed by atoms with Crippen molar-refractivity contribution >= 4 is 17.2 Å². The molecule has 2 aromatic rings. The molecule has 2 fully saturated rings. The van der Waals surface area contributed by atoms with Crippen LogP contribution in [0.15, 0.2) is 6.20 Å². The Balaban J connectivity index is 0.990. The molecule has 1 aliphatic heterocycles. The summed E-state index contributed by atoms with van der Waals surface area (Å²) in [6, 6.07) is 0.163. The van der Waals surface area contributed by atoms with Crippen LogP contribution in [-0.2, 0) is 31.1 Å². The van der Waals surface area contributed by atoms with Gasteiger partial charge in [-0.15, -0.1) is 0 Å². The molecular weight excluding hydrogens is 491 g/mol. The van der Waals surface area contributed by atoms with Gasteiger partial charge >= 0.3 is 0 Å². The lowest BCUT2D eigenvalue weighted by molar-refractivity contribution is -0.134. The molecule has 1 amide bonds. The Labute approximate surface area is 213 Å². The molecule has 36 heavy (non-hydrogen) atoms. The Morgan fingerprint density at radius 3 is 2.67 bits per heavy atom. The van der Waals surface area contributed by atoms with Crippen LogP contribution in [0.2, 0.25) is 0 Å². The highest BCUT2D eigenvalue weighted by atomic mass is 32.1. The molecule has 2 aliphatic carbocycles. The van der Waals surface area contributed by atoms with Crippen molar-refractivity contribution in [2.45, 2.75) is 82.3 Å². The molecule has 0 bridgehead atoms. The van der Waals surface area contributed by atoms with E-state index in [2.05, 4.69) is 20.3 Å². The normalized spacial score (nSPS) is 24.6. The van der Waals surface area contributed by atoms with E-state index < -0.39 is 18.0 Å². The lowest BCUT2D eigenvalue weighted by Crippen LogP contribution is -2.43. The predicted octanol–water partition coefficient (Wildman–Crippen LogP) is 3.90. The van der Waals surface area contributed by atoms with Gasteiger partial charge in [-0.1, -0.05) is 11.3 Å². The first-order chi connectivity index (χ1) is 17.2. The number of aryl methyl sites for hydroxylation is 1. The van der Waals surface area contributed by atoms with E-state index in [9.17, 15) is 18.0 Å². The summed E-state index contributed by atoms with van der Waals surface area (Å²) in [6.45, 7) is 2.98. The lowest BCUT2D eigenvalue weighted by Gasteiger charge is -2.33. The fourth-order valence-electron chi connectivity index (χ4n) is 5.49. The topological polar surface area (TPSA) is 72.3 Å². The van der Waals surface area contributed by atoms with Crippen molar-refractivity contribution in [2.75, 3.05) is 19.6 Å². The molecule has 1 N–H and O–H groups in total. The third-order valence-electron chi connectivity index (χ3n) is 7.75. The zero-order valence-corrected chi connectivity index (χ0v) is 21.5. The SMILES string of the molecule is Cn1ncc(CC(=O)N[C@H]2CC[C@H](CCN3CCc4nc(OC5CC(F)(F)C5)sc4CC3)CC2)c1F. The predicted molar refractivity (Wildman–Crippen MR) is 130 cm³/mol. The fraction of sp³-hybridized carbons (Fsp3) is 0.720. The molecule has 5 rings (SSSR count). The molecule has 0 unspecified atom stereocenters. The fourth-order valence-corrected chi connectivity index (χ4v) is 6.50. The smallest absolute Gasteiger partial charge is 0.273 e. The molecule has 2 saturated carbocycles. The molecule has 0 atom stereocenters. The van der Waals surface area contributed by atoms with Crippen LogP contribution in [0.4, 0.5) is 13.2 Å². The Morgan fingerprint density at radius 1 is 1.22 bits per heavy atom. The summed E-state index contributed by atoms with van der Waals surface area (Å²) in [5.41, 5.74) is 1.39. The van der Waals surface area contributed by atoms with Crippen LogP contribution >= 0.6 is 11.3 Å². The highest BCUT2D eigenvalue weighted by Gasteiger charge is 2.47. The number of carbonyl (C=O) groups is 1. The molecule has 0 radical (unpaired) electrons. The molecule has 7 nitrogen and oxygen atoms in total. The van der Waals surface area contributed by atoms with Crippen molar-refractivity contribution in [3.63, 3.8) is 0 Å². The maximum atomic E-state index is 13.9. The highest BCUT2D eigenvalue weighted by molar-refractivity contribution is 7.13. The summed E-state index contributed by atoms with van der Waals surface area (Å²) in [5.74, 6) is -2.52. The van der Waals surface area contributed by atoms with Crippen LogP contribution in [0.3, 0.4) is 0 Å². The summed E-state index contributed by atoms with van der Waals surface area (Å²) in [6.07, 6.45) is 7.67. The molecule has 198 valence electrons. The molecule has 0 aromatic carbocycles. The van der Waals surface area contributed by atoms with Gasteiger partial charge in [0.05, 0.1) is 18.3 Å².